The largest absolute Gasteiger partial charge is 0.463 e. The second kappa shape index (κ2) is 8.20. The van der Waals surface area contributed by atoms with Gasteiger partial charge in [-0.15, -0.1) is 0 Å². The number of furan rings is 1. The predicted octanol–water partition coefficient (Wildman–Crippen LogP) is -0.0335. The van der Waals surface area contributed by atoms with Crippen molar-refractivity contribution >= 4 is 15.9 Å². The summed E-state index contributed by atoms with van der Waals surface area (Å²) < 4.78 is 45.6. The Balaban J connectivity index is 1.55. The third-order valence-electron chi connectivity index (χ3n) is 4.55. The number of likely N-dealkylation sites (N-methyl/N-ethyl adjacent to an activating group) is 1. The minimum Gasteiger partial charge on any atom is -0.463 e. The molecule has 1 fully saturated rings. The number of carbonyl (C=O) groups is 1. The molecule has 27 heavy (non-hydrogen) atoms. The molecule has 146 valence electrons. The first kappa shape index (κ1) is 19.5. The van der Waals surface area contributed by atoms with Gasteiger partial charge in [0, 0.05) is 26.2 Å². The Bertz CT molecular complexity index is 878. The number of hydrogen-bond donors (Lipinski definition) is 1. The fraction of sp³-hybridized carbons (Fsp3) is 0.389. The summed E-state index contributed by atoms with van der Waals surface area (Å²) in [6.45, 7) is 1.78. The summed E-state index contributed by atoms with van der Waals surface area (Å²) in [5.74, 6) is 0.00209. The topological polar surface area (TPSA) is 75.3 Å². The maximum Gasteiger partial charge on any atom is 0.277 e. The third-order valence-corrected chi connectivity index (χ3v) is 6.49. The zero-order chi connectivity index (χ0) is 19.4. The fourth-order valence-electron chi connectivity index (χ4n) is 3.11. The molecule has 1 aliphatic heterocycles. The van der Waals surface area contributed by atoms with Crippen molar-refractivity contribution in [3.8, 4) is 0 Å². The number of benzene rings is 1. The second-order valence-electron chi connectivity index (χ2n) is 6.61. The van der Waals surface area contributed by atoms with Crippen LogP contribution in [0, 0.1) is 5.82 Å². The van der Waals surface area contributed by atoms with Crippen LogP contribution in [0.4, 0.5) is 4.39 Å². The summed E-state index contributed by atoms with van der Waals surface area (Å²) in [5.41, 5.74) is 0. The summed E-state index contributed by atoms with van der Waals surface area (Å²) >= 11 is 0. The van der Waals surface area contributed by atoms with Crippen molar-refractivity contribution in [1.29, 1.82) is 0 Å². The second-order valence-corrected chi connectivity index (χ2v) is 8.51. The van der Waals surface area contributed by atoms with Crippen molar-refractivity contribution in [1.82, 2.24) is 9.21 Å². The molecular weight excluding hydrogens is 373 g/mol. The van der Waals surface area contributed by atoms with Crippen LogP contribution < -0.4 is 4.90 Å². The number of amides is 1. The van der Waals surface area contributed by atoms with E-state index in [9.17, 15) is 17.6 Å². The molecule has 0 aliphatic carbocycles. The minimum absolute atomic E-state index is 0.0398. The number of sulfonamides is 1. The number of nitrogens with zero attached hydrogens (tertiary/aromatic N) is 2. The molecule has 1 aromatic heterocycles. The standard InChI is InChI=1S/C18H22FN3O4S/c1-20(13-15-5-4-12-26-15)14-18(23)21-8-10-22(11-9-21)27(24,25)17-7-3-2-6-16(17)19/h2-7,12H,8-11,13-14H2,1H3/p+1. The van der Waals surface area contributed by atoms with Gasteiger partial charge in [-0.2, -0.15) is 4.31 Å². The highest BCUT2D eigenvalue weighted by Crippen LogP contribution is 2.20. The van der Waals surface area contributed by atoms with Crippen molar-refractivity contribution in [3.63, 3.8) is 0 Å². The zero-order valence-electron chi connectivity index (χ0n) is 15.1. The Morgan fingerprint density at radius 1 is 1.15 bits per heavy atom. The lowest BCUT2D eigenvalue weighted by Crippen LogP contribution is -3.08. The molecule has 2 heterocycles. The molecule has 1 aliphatic rings. The molecule has 1 unspecified atom stereocenters. The first-order valence-electron chi connectivity index (χ1n) is 8.74. The van der Waals surface area contributed by atoms with Crippen molar-refractivity contribution in [2.45, 2.75) is 11.4 Å². The van der Waals surface area contributed by atoms with Crippen LogP contribution in [-0.4, -0.2) is 63.3 Å². The fourth-order valence-corrected chi connectivity index (χ4v) is 4.60. The lowest BCUT2D eigenvalue weighted by Gasteiger charge is -2.34. The van der Waals surface area contributed by atoms with E-state index in [0.29, 0.717) is 26.2 Å². The van der Waals surface area contributed by atoms with Crippen molar-refractivity contribution in [3.05, 3.63) is 54.2 Å². The van der Waals surface area contributed by atoms with Gasteiger partial charge in [0.2, 0.25) is 10.0 Å². The molecule has 1 N–H and O–H groups in total. The lowest BCUT2D eigenvalue weighted by molar-refractivity contribution is -0.886. The van der Waals surface area contributed by atoms with Gasteiger partial charge in [0.1, 0.15) is 17.3 Å². The van der Waals surface area contributed by atoms with Gasteiger partial charge in [-0.25, -0.2) is 12.8 Å². The number of carbonyl (C=O) groups excluding carboxylic acids is 1. The van der Waals surface area contributed by atoms with E-state index in [4.69, 9.17) is 4.42 Å². The highest BCUT2D eigenvalue weighted by molar-refractivity contribution is 7.89. The molecule has 3 rings (SSSR count). The van der Waals surface area contributed by atoms with Crippen LogP contribution in [-0.2, 0) is 21.4 Å². The first-order valence-corrected chi connectivity index (χ1v) is 10.2. The van der Waals surface area contributed by atoms with Crippen LogP contribution in [0.3, 0.4) is 0 Å². The van der Waals surface area contributed by atoms with E-state index < -0.39 is 15.8 Å². The van der Waals surface area contributed by atoms with Gasteiger partial charge in [0.25, 0.3) is 5.91 Å². The molecule has 1 amide bonds. The molecule has 1 aromatic carbocycles. The van der Waals surface area contributed by atoms with E-state index in [0.717, 1.165) is 16.7 Å². The van der Waals surface area contributed by atoms with Crippen LogP contribution in [0.15, 0.2) is 52.0 Å². The van der Waals surface area contributed by atoms with E-state index in [1.807, 2.05) is 13.1 Å². The van der Waals surface area contributed by atoms with Crippen LogP contribution in [0.2, 0.25) is 0 Å². The minimum atomic E-state index is -3.90. The zero-order valence-corrected chi connectivity index (χ0v) is 15.9. The number of rotatable bonds is 6. The molecule has 7 nitrogen and oxygen atoms in total. The molecular formula is C18H23FN3O4S+. The number of quaternary nitrogens is 1. The number of piperazine rings is 1. The van der Waals surface area contributed by atoms with E-state index in [1.165, 1.54) is 22.5 Å². The highest BCUT2D eigenvalue weighted by atomic mass is 32.2. The van der Waals surface area contributed by atoms with Crippen LogP contribution >= 0.6 is 0 Å². The number of nitrogens with one attached hydrogen (secondary N) is 1. The lowest BCUT2D eigenvalue weighted by atomic mass is 10.3. The molecule has 2 aromatic rings. The molecule has 0 bridgehead atoms. The molecule has 1 saturated heterocycles. The monoisotopic (exact) mass is 396 g/mol. The van der Waals surface area contributed by atoms with Crippen molar-refractivity contribution in [2.75, 3.05) is 39.8 Å². The third kappa shape index (κ3) is 4.55. The van der Waals surface area contributed by atoms with E-state index in [-0.39, 0.29) is 23.9 Å². The SMILES string of the molecule is C[NH+](CC(=O)N1CCN(S(=O)(=O)c2ccccc2F)CC1)Cc1ccco1. The van der Waals surface area contributed by atoms with Gasteiger partial charge in [0.15, 0.2) is 12.3 Å². The Morgan fingerprint density at radius 3 is 2.48 bits per heavy atom. The summed E-state index contributed by atoms with van der Waals surface area (Å²) in [5, 5.41) is 0. The molecule has 0 spiro atoms. The van der Waals surface area contributed by atoms with Crippen molar-refractivity contribution < 1.29 is 26.9 Å². The van der Waals surface area contributed by atoms with Gasteiger partial charge >= 0.3 is 0 Å². The Labute approximate surface area is 158 Å². The van der Waals surface area contributed by atoms with Gasteiger partial charge < -0.3 is 14.2 Å². The Hall–Kier alpha value is -2.23. The smallest absolute Gasteiger partial charge is 0.277 e. The molecule has 1 atom stereocenters. The van der Waals surface area contributed by atoms with Gasteiger partial charge in [0.05, 0.1) is 13.3 Å². The molecule has 9 heteroatoms. The summed E-state index contributed by atoms with van der Waals surface area (Å²) in [4.78, 5) is 14.8. The first-order chi connectivity index (χ1) is 12.9. The van der Waals surface area contributed by atoms with E-state index in [2.05, 4.69) is 0 Å². The van der Waals surface area contributed by atoms with Gasteiger partial charge in [-0.1, -0.05) is 12.1 Å². The van der Waals surface area contributed by atoms with Gasteiger partial charge in [-0.05, 0) is 24.3 Å². The quantitative estimate of drug-likeness (QED) is 0.744. The van der Waals surface area contributed by atoms with Crippen molar-refractivity contribution in [2.24, 2.45) is 0 Å². The molecule has 0 radical (unpaired) electrons. The predicted molar refractivity (Wildman–Crippen MR) is 95.9 cm³/mol. The average molecular weight is 396 g/mol. The van der Waals surface area contributed by atoms with E-state index >= 15 is 0 Å². The summed E-state index contributed by atoms with van der Waals surface area (Å²) in [7, 11) is -1.99. The highest BCUT2D eigenvalue weighted by Gasteiger charge is 2.32. The maximum atomic E-state index is 13.9. The Morgan fingerprint density at radius 2 is 1.85 bits per heavy atom. The van der Waals surface area contributed by atoms with E-state index in [1.54, 1.807) is 17.2 Å². The van der Waals surface area contributed by atoms with Crippen LogP contribution in [0.25, 0.3) is 0 Å². The number of halogens is 1. The van der Waals surface area contributed by atoms with Crippen LogP contribution in [0.1, 0.15) is 5.76 Å². The summed E-state index contributed by atoms with van der Waals surface area (Å²) in [6.07, 6.45) is 1.60. The van der Waals surface area contributed by atoms with Crippen LogP contribution in [0.5, 0.6) is 0 Å². The maximum absolute atomic E-state index is 13.9. The molecule has 0 saturated carbocycles. The van der Waals surface area contributed by atoms with Gasteiger partial charge in [-0.3, -0.25) is 4.79 Å². The summed E-state index contributed by atoms with van der Waals surface area (Å²) in [6, 6.07) is 9.00. The number of hydrogen-bond acceptors (Lipinski definition) is 4. The Kier molecular flexibility index (Phi) is 5.93. The normalized spacial score (nSPS) is 17.0. The average Bonchev–Trinajstić information content (AvgIpc) is 3.14.